The van der Waals surface area contributed by atoms with Crippen molar-refractivity contribution < 1.29 is 23.5 Å². The van der Waals surface area contributed by atoms with E-state index in [0.717, 1.165) is 29.0 Å². The molecule has 1 N–H and O–H groups in total. The highest BCUT2D eigenvalue weighted by Gasteiger charge is 2.15. The van der Waals surface area contributed by atoms with Crippen molar-refractivity contribution in [3.8, 4) is 17.2 Å². The third-order valence-electron chi connectivity index (χ3n) is 5.16. The predicted octanol–water partition coefficient (Wildman–Crippen LogP) is 5.16. The van der Waals surface area contributed by atoms with Crippen LogP contribution in [0.2, 0.25) is 0 Å². The minimum atomic E-state index is -0.219. The fourth-order valence-electron chi connectivity index (χ4n) is 3.24. The Hall–Kier alpha value is -3.48. The van der Waals surface area contributed by atoms with Crippen LogP contribution in [0.25, 0.3) is 0 Å². The number of ether oxygens (including phenoxy) is 3. The second-order valence-electron chi connectivity index (χ2n) is 7.57. The molecule has 0 saturated heterocycles. The number of carbonyl (C=O) groups is 1. The van der Waals surface area contributed by atoms with E-state index < -0.39 is 0 Å². The summed E-state index contributed by atoms with van der Waals surface area (Å²) >= 11 is 0. The summed E-state index contributed by atoms with van der Waals surface area (Å²) in [5.74, 6) is 2.48. The van der Waals surface area contributed by atoms with E-state index in [0.29, 0.717) is 36.0 Å². The van der Waals surface area contributed by atoms with Gasteiger partial charge in [-0.1, -0.05) is 24.2 Å². The van der Waals surface area contributed by atoms with E-state index in [1.807, 2.05) is 45.0 Å². The van der Waals surface area contributed by atoms with Gasteiger partial charge in [0.05, 0.1) is 31.0 Å². The Morgan fingerprint density at radius 2 is 1.94 bits per heavy atom. The smallest absolute Gasteiger partial charge is 0.251 e. The number of benzene rings is 2. The summed E-state index contributed by atoms with van der Waals surface area (Å²) < 4.78 is 22.2. The van der Waals surface area contributed by atoms with Crippen LogP contribution in [0, 0.1) is 13.8 Å². The van der Waals surface area contributed by atoms with Crippen molar-refractivity contribution in [3.05, 3.63) is 70.6 Å². The molecule has 170 valence electrons. The molecule has 3 rings (SSSR count). The molecule has 0 aliphatic rings. The van der Waals surface area contributed by atoms with Gasteiger partial charge in [0.15, 0.2) is 11.5 Å². The minimum absolute atomic E-state index is 0.189. The number of aromatic nitrogens is 1. The molecule has 7 nitrogen and oxygen atoms in total. The molecule has 2 aromatic carbocycles. The van der Waals surface area contributed by atoms with Gasteiger partial charge in [-0.3, -0.25) is 4.79 Å². The largest absolute Gasteiger partial charge is 0.493 e. The molecular formula is C25H30N2O5. The maximum Gasteiger partial charge on any atom is 0.251 e. The zero-order valence-electron chi connectivity index (χ0n) is 19.2. The number of carbonyl (C=O) groups excluding carboxylic acids is 1. The van der Waals surface area contributed by atoms with Gasteiger partial charge in [0.1, 0.15) is 18.1 Å². The minimum Gasteiger partial charge on any atom is -0.493 e. The predicted molar refractivity (Wildman–Crippen MR) is 121 cm³/mol. The van der Waals surface area contributed by atoms with Crippen LogP contribution in [-0.2, 0) is 6.61 Å². The molecule has 0 saturated carbocycles. The zero-order valence-corrected chi connectivity index (χ0v) is 19.2. The van der Waals surface area contributed by atoms with Crippen LogP contribution in [0.5, 0.6) is 17.2 Å². The molecule has 0 bridgehead atoms. The van der Waals surface area contributed by atoms with Crippen molar-refractivity contribution in [1.82, 2.24) is 10.5 Å². The third-order valence-corrected chi connectivity index (χ3v) is 5.16. The first-order valence-electron chi connectivity index (χ1n) is 10.7. The molecule has 1 heterocycles. The Labute approximate surface area is 188 Å². The highest BCUT2D eigenvalue weighted by Crippen LogP contribution is 2.30. The van der Waals surface area contributed by atoms with Gasteiger partial charge in [-0.2, -0.15) is 0 Å². The number of aryl methyl sites for hydroxylation is 2. The highest BCUT2D eigenvalue weighted by atomic mass is 16.5. The van der Waals surface area contributed by atoms with Crippen LogP contribution < -0.4 is 19.5 Å². The Morgan fingerprint density at radius 1 is 1.12 bits per heavy atom. The number of amides is 1. The molecule has 0 aliphatic heterocycles. The van der Waals surface area contributed by atoms with Crippen molar-refractivity contribution in [1.29, 1.82) is 0 Å². The molecule has 0 radical (unpaired) electrons. The van der Waals surface area contributed by atoms with Crippen LogP contribution in [-0.4, -0.2) is 24.8 Å². The summed E-state index contributed by atoms with van der Waals surface area (Å²) in [6, 6.07) is 12.6. The van der Waals surface area contributed by atoms with E-state index in [-0.39, 0.29) is 11.9 Å². The number of hydrogen-bond acceptors (Lipinski definition) is 6. The van der Waals surface area contributed by atoms with Crippen LogP contribution in [0.4, 0.5) is 0 Å². The molecule has 1 atom stereocenters. The number of nitrogens with one attached hydrogen (secondary N) is 1. The summed E-state index contributed by atoms with van der Waals surface area (Å²) in [7, 11) is 1.61. The van der Waals surface area contributed by atoms with E-state index in [1.54, 1.807) is 25.3 Å². The molecular weight excluding hydrogens is 408 g/mol. The summed E-state index contributed by atoms with van der Waals surface area (Å²) in [4.78, 5) is 12.8. The monoisotopic (exact) mass is 438 g/mol. The molecule has 0 aliphatic carbocycles. The number of hydrogen-bond donors (Lipinski definition) is 1. The van der Waals surface area contributed by atoms with Crippen molar-refractivity contribution in [3.63, 3.8) is 0 Å². The fourth-order valence-corrected chi connectivity index (χ4v) is 3.24. The number of methoxy groups -OCH3 is 1. The molecule has 1 amide bonds. The highest BCUT2D eigenvalue weighted by molar-refractivity contribution is 5.94. The van der Waals surface area contributed by atoms with Gasteiger partial charge < -0.3 is 24.1 Å². The molecule has 3 aromatic rings. The summed E-state index contributed by atoms with van der Waals surface area (Å²) in [5, 5.41) is 6.96. The van der Waals surface area contributed by atoms with Crippen molar-refractivity contribution in [2.24, 2.45) is 0 Å². The van der Waals surface area contributed by atoms with Crippen molar-refractivity contribution >= 4 is 5.91 Å². The average molecular weight is 439 g/mol. The van der Waals surface area contributed by atoms with Gasteiger partial charge in [0, 0.05) is 5.56 Å². The molecule has 0 spiro atoms. The molecule has 0 fully saturated rings. The lowest BCUT2D eigenvalue weighted by atomic mass is 10.1. The van der Waals surface area contributed by atoms with E-state index in [1.165, 1.54) is 0 Å². The lowest BCUT2D eigenvalue weighted by Gasteiger charge is -2.17. The Morgan fingerprint density at radius 3 is 2.62 bits per heavy atom. The average Bonchev–Trinajstić information content (AvgIpc) is 3.13. The van der Waals surface area contributed by atoms with E-state index in [4.69, 9.17) is 18.7 Å². The standard InChI is InChI=1S/C25H30N2O5/c1-6-12-30-23-11-10-19(14-24(23)29-5)16(2)26-25(28)20-8-7-9-21(13-20)31-15-22-17(3)27-32-18(22)4/h7-11,13-14,16H,6,12,15H2,1-5H3,(H,26,28). The molecule has 1 aromatic heterocycles. The van der Waals surface area contributed by atoms with Crippen LogP contribution in [0.15, 0.2) is 47.0 Å². The lowest BCUT2D eigenvalue weighted by Crippen LogP contribution is -2.26. The van der Waals surface area contributed by atoms with Crippen molar-refractivity contribution in [2.75, 3.05) is 13.7 Å². The first-order valence-corrected chi connectivity index (χ1v) is 10.7. The zero-order chi connectivity index (χ0) is 23.1. The number of rotatable bonds is 10. The second kappa shape index (κ2) is 10.7. The van der Waals surface area contributed by atoms with Gasteiger partial charge in [0.25, 0.3) is 5.91 Å². The molecule has 32 heavy (non-hydrogen) atoms. The first-order chi connectivity index (χ1) is 15.4. The van der Waals surface area contributed by atoms with Gasteiger partial charge in [-0.05, 0) is 63.1 Å². The van der Waals surface area contributed by atoms with Crippen LogP contribution in [0.3, 0.4) is 0 Å². The van der Waals surface area contributed by atoms with Gasteiger partial charge >= 0.3 is 0 Å². The van der Waals surface area contributed by atoms with Crippen molar-refractivity contribution in [2.45, 2.75) is 46.8 Å². The second-order valence-corrected chi connectivity index (χ2v) is 7.57. The maximum atomic E-state index is 12.8. The quantitative estimate of drug-likeness (QED) is 0.471. The van der Waals surface area contributed by atoms with Crippen LogP contribution in [0.1, 0.15) is 59.2 Å². The fraction of sp³-hybridized carbons (Fsp3) is 0.360. The van der Waals surface area contributed by atoms with Gasteiger partial charge in [0.2, 0.25) is 0 Å². The topological polar surface area (TPSA) is 82.8 Å². The SMILES string of the molecule is CCCOc1ccc(C(C)NC(=O)c2cccc(OCc3c(C)noc3C)c2)cc1OC. The van der Waals surface area contributed by atoms with Gasteiger partial charge in [-0.15, -0.1) is 0 Å². The molecule has 7 heteroatoms. The Balaban J connectivity index is 1.66. The first kappa shape index (κ1) is 23.2. The molecule has 1 unspecified atom stereocenters. The van der Waals surface area contributed by atoms with E-state index in [2.05, 4.69) is 17.4 Å². The van der Waals surface area contributed by atoms with E-state index in [9.17, 15) is 4.79 Å². The maximum absolute atomic E-state index is 12.8. The normalized spacial score (nSPS) is 11.7. The third kappa shape index (κ3) is 5.60. The summed E-state index contributed by atoms with van der Waals surface area (Å²) in [5.41, 5.74) is 3.15. The Kier molecular flexibility index (Phi) is 7.76. The summed E-state index contributed by atoms with van der Waals surface area (Å²) in [6.45, 7) is 8.65. The number of nitrogens with zero attached hydrogens (tertiary/aromatic N) is 1. The summed E-state index contributed by atoms with van der Waals surface area (Å²) in [6.07, 6.45) is 0.915. The van der Waals surface area contributed by atoms with Gasteiger partial charge in [-0.25, -0.2) is 0 Å². The van der Waals surface area contributed by atoms with E-state index >= 15 is 0 Å². The van der Waals surface area contributed by atoms with Crippen LogP contribution >= 0.6 is 0 Å². The lowest BCUT2D eigenvalue weighted by molar-refractivity contribution is 0.0939. The Bertz CT molecular complexity index is 1040.